The second kappa shape index (κ2) is 36.9. The lowest BCUT2D eigenvalue weighted by atomic mass is 9.65. The molecule has 0 unspecified atom stereocenters. The van der Waals surface area contributed by atoms with Crippen LogP contribution in [-0.2, 0) is 31.3 Å². The molecule has 0 bridgehead atoms. The topological polar surface area (TPSA) is 109 Å². The molecule has 0 aromatic carbocycles. The molecule has 634 valence electrons. The van der Waals surface area contributed by atoms with Gasteiger partial charge in [0, 0.05) is 160 Å². The molecule has 9 saturated heterocycles. The van der Waals surface area contributed by atoms with Crippen molar-refractivity contribution in [2.75, 3.05) is 158 Å². The molecular formula is C95H170N12O4. The van der Waals surface area contributed by atoms with Gasteiger partial charge in [0.05, 0.1) is 18.8 Å². The number of hydrogen-bond acceptors (Lipinski definition) is 14. The number of piperazine rings is 2. The number of pyridine rings is 1. The Morgan fingerprint density at radius 2 is 0.721 bits per heavy atom. The lowest BCUT2D eigenvalue weighted by Crippen LogP contribution is -2.56. The lowest BCUT2D eigenvalue weighted by Gasteiger charge is -2.51. The number of amides is 2. The summed E-state index contributed by atoms with van der Waals surface area (Å²) in [7, 11) is 2.15. The number of nitrogens with zero attached hydrogens (tertiary/aromatic N) is 12. The Bertz CT molecular complexity index is 3030. The van der Waals surface area contributed by atoms with Crippen LogP contribution < -0.4 is 0 Å². The zero-order chi connectivity index (χ0) is 80.1. The largest absolute Gasteiger partial charge is 0.365 e. The van der Waals surface area contributed by atoms with Crippen molar-refractivity contribution in [3.63, 3.8) is 0 Å². The van der Waals surface area contributed by atoms with Crippen LogP contribution in [0.4, 0.5) is 0 Å². The number of rotatable bonds is 6. The van der Waals surface area contributed by atoms with E-state index >= 15 is 0 Å². The van der Waals surface area contributed by atoms with E-state index in [1.807, 2.05) is 12.4 Å². The highest BCUT2D eigenvalue weighted by Crippen LogP contribution is 2.52. The normalized spacial score (nSPS) is 28.1. The van der Waals surface area contributed by atoms with Crippen LogP contribution in [0, 0.1) is 39.4 Å². The van der Waals surface area contributed by atoms with Gasteiger partial charge in [0.1, 0.15) is 5.78 Å². The summed E-state index contributed by atoms with van der Waals surface area (Å²) in [4.78, 5) is 69.8. The number of carbonyl (C=O) groups is 3. The fourth-order valence-corrected chi connectivity index (χ4v) is 23.2. The van der Waals surface area contributed by atoms with E-state index in [9.17, 15) is 14.4 Å². The van der Waals surface area contributed by atoms with E-state index in [1.165, 1.54) is 225 Å². The lowest BCUT2D eigenvalue weighted by molar-refractivity contribution is -0.139. The van der Waals surface area contributed by atoms with E-state index in [1.54, 1.807) is 0 Å². The van der Waals surface area contributed by atoms with Gasteiger partial charge >= 0.3 is 0 Å². The van der Waals surface area contributed by atoms with Crippen molar-refractivity contribution in [3.8, 4) is 0 Å². The number of piperidine rings is 4. The highest BCUT2D eigenvalue weighted by atomic mass is 16.5. The minimum atomic E-state index is -0.0503. The Labute approximate surface area is 680 Å². The second-order valence-electron chi connectivity index (χ2n) is 45.1. The minimum Gasteiger partial charge on any atom is -0.365 e. The molecule has 2 amide bonds. The predicted octanol–water partition coefficient (Wildman–Crippen LogP) is 16.8. The number of ether oxygens (including phenoxy) is 1. The molecule has 11 heterocycles. The Kier molecular flexibility index (Phi) is 29.7. The summed E-state index contributed by atoms with van der Waals surface area (Å²) < 4.78 is 6.15. The van der Waals surface area contributed by atoms with E-state index in [-0.39, 0.29) is 11.1 Å². The Morgan fingerprint density at radius 1 is 0.378 bits per heavy atom. The van der Waals surface area contributed by atoms with Crippen molar-refractivity contribution in [3.05, 3.63) is 29.6 Å². The van der Waals surface area contributed by atoms with Crippen molar-refractivity contribution in [2.45, 2.75) is 362 Å². The second-order valence-corrected chi connectivity index (χ2v) is 45.1. The molecule has 10 aliphatic heterocycles. The fraction of sp³-hybridized carbons (Fsp3) is 0.916. The number of fused-ring (bicyclic) bond motifs is 2. The van der Waals surface area contributed by atoms with Crippen molar-refractivity contribution in [2.24, 2.45) is 39.4 Å². The summed E-state index contributed by atoms with van der Waals surface area (Å²) in [6.45, 7) is 69.1. The van der Waals surface area contributed by atoms with Crippen molar-refractivity contribution < 1.29 is 19.1 Å². The monoisotopic (exact) mass is 1540 g/mol. The zero-order valence-corrected chi connectivity index (χ0v) is 75.5. The molecule has 16 heteroatoms. The number of carbonyl (C=O) groups excluding carboxylic acids is 3. The molecule has 4 aliphatic carbocycles. The molecule has 4 saturated carbocycles. The highest BCUT2D eigenvalue weighted by Gasteiger charge is 2.49. The SMILES string of the molecule is CC(C)(C)N1CCC2(CC1)OCc1ccncc12.CC(C)(C)N1CCC2(CCC(C(=O)CN3CCCC3)CC2)C1.CC(C)(C)N1CCC2(CCC(C(=O)N3CCCC3)CC2)CC1.CC(C)(C)N1CCN(C2CCC3(CC2)CCN(C(C)(C)C)CC3)CC1.CN1CCN(C(=O)C2CCC3(CC2)CCN(C(C)(C)C)CC3)CC1. The molecule has 0 radical (unpaired) electrons. The Hall–Kier alpha value is -2.64. The first-order valence-corrected chi connectivity index (χ1v) is 46.5. The number of ketones is 1. The number of likely N-dealkylation sites (N-methyl/N-ethyl adjacent to an activating group) is 1. The smallest absolute Gasteiger partial charge is 0.225 e. The van der Waals surface area contributed by atoms with Crippen molar-refractivity contribution in [1.29, 1.82) is 0 Å². The molecular weight excluding hydrogens is 1370 g/mol. The van der Waals surface area contributed by atoms with E-state index in [4.69, 9.17) is 4.74 Å². The Morgan fingerprint density at radius 3 is 1.13 bits per heavy atom. The number of hydrogen-bond donors (Lipinski definition) is 0. The van der Waals surface area contributed by atoms with Crippen LogP contribution in [0.25, 0.3) is 0 Å². The third-order valence-electron chi connectivity index (χ3n) is 32.0. The van der Waals surface area contributed by atoms with E-state index in [2.05, 4.69) is 197 Å². The summed E-state index contributed by atoms with van der Waals surface area (Å²) in [5, 5.41) is 0. The van der Waals surface area contributed by atoms with Gasteiger partial charge < -0.3 is 19.4 Å². The quantitative estimate of drug-likeness (QED) is 0.270. The number of likely N-dealkylation sites (tertiary alicyclic amines) is 7. The van der Waals surface area contributed by atoms with E-state index in [0.717, 1.165) is 136 Å². The molecule has 16 nitrogen and oxygen atoms in total. The fourth-order valence-electron chi connectivity index (χ4n) is 23.2. The average molecular weight is 1540 g/mol. The number of aromatic nitrogens is 1. The van der Waals surface area contributed by atoms with Crippen molar-refractivity contribution in [1.82, 2.24) is 58.9 Å². The summed E-state index contributed by atoms with van der Waals surface area (Å²) in [5.41, 5.74) is 6.78. The van der Waals surface area contributed by atoms with Gasteiger partial charge in [-0.1, -0.05) is 0 Å². The summed E-state index contributed by atoms with van der Waals surface area (Å²) in [6.07, 6.45) is 41.0. The molecule has 5 spiro atoms. The van der Waals surface area contributed by atoms with Gasteiger partial charge in [-0.05, 0) is 410 Å². The molecule has 1 aromatic rings. The highest BCUT2D eigenvalue weighted by molar-refractivity contribution is 5.83. The van der Waals surface area contributed by atoms with Crippen molar-refractivity contribution >= 4 is 17.6 Å². The zero-order valence-electron chi connectivity index (χ0n) is 75.5. The molecule has 1 aromatic heterocycles. The first-order valence-electron chi connectivity index (χ1n) is 46.5. The third kappa shape index (κ3) is 23.5. The molecule has 14 aliphatic rings. The summed E-state index contributed by atoms with van der Waals surface area (Å²) in [5.74, 6) is 2.45. The van der Waals surface area contributed by atoms with Gasteiger partial charge in [-0.3, -0.25) is 58.6 Å². The van der Waals surface area contributed by atoms with Gasteiger partial charge in [-0.2, -0.15) is 0 Å². The molecule has 13 fully saturated rings. The maximum absolute atomic E-state index is 12.8. The van der Waals surface area contributed by atoms with Crippen LogP contribution in [0.15, 0.2) is 18.5 Å². The van der Waals surface area contributed by atoms with Crippen LogP contribution in [-0.4, -0.2) is 273 Å². The maximum atomic E-state index is 12.8. The Balaban J connectivity index is 0.000000138. The first kappa shape index (κ1) is 89.2. The van der Waals surface area contributed by atoms with E-state index < -0.39 is 0 Å². The van der Waals surface area contributed by atoms with Crippen LogP contribution in [0.5, 0.6) is 0 Å². The van der Waals surface area contributed by atoms with Crippen LogP contribution in [0.1, 0.15) is 322 Å². The van der Waals surface area contributed by atoms with Crippen LogP contribution in [0.2, 0.25) is 0 Å². The van der Waals surface area contributed by atoms with Crippen LogP contribution in [0.3, 0.4) is 0 Å². The minimum absolute atomic E-state index is 0.0503. The predicted molar refractivity (Wildman–Crippen MR) is 460 cm³/mol. The summed E-state index contributed by atoms with van der Waals surface area (Å²) in [6, 6.07) is 2.97. The molecule has 15 rings (SSSR count). The molecule has 111 heavy (non-hydrogen) atoms. The average Bonchev–Trinajstić information content (AvgIpc) is 1.63. The summed E-state index contributed by atoms with van der Waals surface area (Å²) >= 11 is 0. The van der Waals surface area contributed by atoms with Gasteiger partial charge in [-0.15, -0.1) is 0 Å². The first-order chi connectivity index (χ1) is 52.2. The van der Waals surface area contributed by atoms with Gasteiger partial charge in [0.15, 0.2) is 0 Å². The van der Waals surface area contributed by atoms with Gasteiger partial charge in [0.2, 0.25) is 11.8 Å². The molecule has 0 N–H and O–H groups in total. The van der Waals surface area contributed by atoms with Gasteiger partial charge in [0.25, 0.3) is 0 Å². The van der Waals surface area contributed by atoms with Gasteiger partial charge in [-0.25, -0.2) is 0 Å². The molecule has 0 atom stereocenters. The maximum Gasteiger partial charge on any atom is 0.225 e. The number of Topliss-reactive ketones (excluding diaryl/α,β-unsaturated/α-hetero) is 1. The van der Waals surface area contributed by atoms with Crippen LogP contribution >= 0.6 is 0 Å². The third-order valence-corrected chi connectivity index (χ3v) is 32.0. The van der Waals surface area contributed by atoms with E-state index in [0.29, 0.717) is 84.7 Å². The standard InChI is InChI=1S/C22H43N3.C20H37N3O.2C19H34N2O.C15H22N2O/c1-20(2,3)24-13-11-22(12-14-24)9-7-19(8-10-22)23-15-17-25(18-16-23)21(4,5)6;1-19(2,3)23-11-9-20(10-12-23)7-5-17(6-8-20)18(24)22-15-13-21(4)14-16-22;1-18(2,3)21-14-10-19(11-15-21)8-6-16(7-9-19)17(22)20-12-4-5-13-20;1-18(2,3)21-13-10-19(15-21)8-6-16(7-9-19)17(22)14-20-11-4-5-12-20;1-14(2,3)17-8-5-15(6-9-17)13-10-16-7-4-12(13)11-18-15/h19H,7-18H2,1-6H3;17H,5-16H2,1-4H3;2*16H,4-15H2,1-3H3;4,7,10H,5-6,8-9,11H2,1-3H3.